The molecule has 1 aromatic carbocycles. The van der Waals surface area contributed by atoms with Crippen LogP contribution in [0.15, 0.2) is 18.2 Å². The molecule has 0 spiro atoms. The van der Waals surface area contributed by atoms with Crippen molar-refractivity contribution in [3.8, 4) is 0 Å². The Bertz CT molecular complexity index is 453. The largest absolute Gasteiger partial charge is 0.319 e. The molecule has 0 bridgehead atoms. The maximum Gasteiger partial charge on any atom is 0.157 e. The van der Waals surface area contributed by atoms with E-state index >= 15 is 0 Å². The number of benzene rings is 1. The number of nitrogens with two attached hydrogens (primary N) is 1. The van der Waals surface area contributed by atoms with Crippen molar-refractivity contribution < 1.29 is 13.6 Å². The van der Waals surface area contributed by atoms with Crippen molar-refractivity contribution in [1.82, 2.24) is 0 Å². The molecule has 0 atom stereocenters. The Morgan fingerprint density at radius 3 is 2.56 bits per heavy atom. The normalized spacial score (nSPS) is 18.6. The van der Waals surface area contributed by atoms with E-state index in [0.717, 1.165) is 37.5 Å². The average molecular weight is 253 g/mol. The molecule has 0 amide bonds. The highest BCUT2D eigenvalue weighted by atomic mass is 19.1. The van der Waals surface area contributed by atoms with Crippen molar-refractivity contribution in [3.63, 3.8) is 0 Å². The smallest absolute Gasteiger partial charge is 0.157 e. The summed E-state index contributed by atoms with van der Waals surface area (Å²) in [6, 6.07) is 3.16. The van der Waals surface area contributed by atoms with E-state index in [-0.39, 0.29) is 17.8 Å². The van der Waals surface area contributed by atoms with Crippen molar-refractivity contribution in [3.05, 3.63) is 35.4 Å². The van der Waals surface area contributed by atoms with Gasteiger partial charge in [-0.15, -0.1) is 0 Å². The molecule has 1 aliphatic carbocycles. The molecule has 1 fully saturated rings. The van der Waals surface area contributed by atoms with Crippen LogP contribution < -0.4 is 5.73 Å². The van der Waals surface area contributed by atoms with E-state index in [0.29, 0.717) is 12.8 Å². The summed E-state index contributed by atoms with van der Waals surface area (Å²) in [5, 5.41) is 0. The van der Waals surface area contributed by atoms with Gasteiger partial charge < -0.3 is 5.73 Å². The van der Waals surface area contributed by atoms with Crippen molar-refractivity contribution in [2.75, 3.05) is 0 Å². The zero-order valence-corrected chi connectivity index (χ0v) is 10.2. The number of ketones is 1. The van der Waals surface area contributed by atoms with E-state index in [1.54, 1.807) is 0 Å². The van der Waals surface area contributed by atoms with Crippen LogP contribution in [0.5, 0.6) is 0 Å². The van der Waals surface area contributed by atoms with Gasteiger partial charge in [0.2, 0.25) is 0 Å². The first-order valence-electron chi connectivity index (χ1n) is 6.27. The molecule has 4 heteroatoms. The first kappa shape index (κ1) is 13.1. The molecule has 2 N–H and O–H groups in total. The molecule has 18 heavy (non-hydrogen) atoms. The van der Waals surface area contributed by atoms with E-state index in [2.05, 4.69) is 0 Å². The number of hydrogen-bond acceptors (Lipinski definition) is 2. The summed E-state index contributed by atoms with van der Waals surface area (Å²) in [6.45, 7) is 0. The Hall–Kier alpha value is -1.29. The van der Waals surface area contributed by atoms with Crippen molar-refractivity contribution in [1.29, 1.82) is 0 Å². The third-order valence-corrected chi connectivity index (χ3v) is 3.66. The molecular formula is C14H17F2NO. The van der Waals surface area contributed by atoms with E-state index in [9.17, 15) is 13.6 Å². The molecule has 1 aliphatic rings. The first-order chi connectivity index (χ1) is 8.51. The molecule has 98 valence electrons. The second kappa shape index (κ2) is 5.14. The summed E-state index contributed by atoms with van der Waals surface area (Å²) in [6.07, 6.45) is 4.09. The van der Waals surface area contributed by atoms with Gasteiger partial charge in [0.25, 0.3) is 0 Å². The molecule has 0 heterocycles. The van der Waals surface area contributed by atoms with Crippen molar-refractivity contribution in [2.24, 2.45) is 5.73 Å². The Labute approximate surface area is 105 Å². The summed E-state index contributed by atoms with van der Waals surface area (Å²) < 4.78 is 26.5. The summed E-state index contributed by atoms with van der Waals surface area (Å²) in [7, 11) is 0. The highest BCUT2D eigenvalue weighted by Crippen LogP contribution is 2.28. The maximum atomic E-state index is 13.5. The predicted molar refractivity (Wildman–Crippen MR) is 65.1 cm³/mol. The fourth-order valence-corrected chi connectivity index (χ4v) is 2.49. The van der Waals surface area contributed by atoms with Crippen LogP contribution in [-0.2, 0) is 11.2 Å². The van der Waals surface area contributed by atoms with Gasteiger partial charge in [0.15, 0.2) is 5.78 Å². The van der Waals surface area contributed by atoms with Gasteiger partial charge in [0, 0.05) is 6.42 Å². The summed E-state index contributed by atoms with van der Waals surface area (Å²) in [5.41, 5.74) is 5.32. The third-order valence-electron chi connectivity index (χ3n) is 3.66. The van der Waals surface area contributed by atoms with Crippen molar-refractivity contribution >= 4 is 5.78 Å². The summed E-state index contributed by atoms with van der Waals surface area (Å²) in [5.74, 6) is -1.27. The molecule has 2 rings (SSSR count). The van der Waals surface area contributed by atoms with Crippen LogP contribution >= 0.6 is 0 Å². The van der Waals surface area contributed by atoms with E-state index in [1.807, 2.05) is 0 Å². The lowest BCUT2D eigenvalue weighted by Crippen LogP contribution is -2.50. The average Bonchev–Trinajstić information content (AvgIpc) is 2.35. The number of Topliss-reactive ketones (excluding diaryl/α,β-unsaturated/α-hetero) is 1. The van der Waals surface area contributed by atoms with E-state index in [1.165, 1.54) is 0 Å². The van der Waals surface area contributed by atoms with Crippen LogP contribution in [0.3, 0.4) is 0 Å². The Morgan fingerprint density at radius 1 is 1.22 bits per heavy atom. The lowest BCUT2D eigenvalue weighted by Gasteiger charge is -2.31. The molecule has 0 saturated heterocycles. The molecule has 1 saturated carbocycles. The summed E-state index contributed by atoms with van der Waals surface area (Å²) >= 11 is 0. The van der Waals surface area contributed by atoms with Gasteiger partial charge in [-0.1, -0.05) is 19.3 Å². The van der Waals surface area contributed by atoms with Crippen molar-refractivity contribution in [2.45, 2.75) is 44.1 Å². The maximum absolute atomic E-state index is 13.5. The van der Waals surface area contributed by atoms with Gasteiger partial charge in [-0.3, -0.25) is 4.79 Å². The van der Waals surface area contributed by atoms with E-state index < -0.39 is 17.2 Å². The monoisotopic (exact) mass is 253 g/mol. The van der Waals surface area contributed by atoms with E-state index in [4.69, 9.17) is 5.73 Å². The van der Waals surface area contributed by atoms with Gasteiger partial charge in [0.05, 0.1) is 5.54 Å². The van der Waals surface area contributed by atoms with Crippen LogP contribution in [-0.4, -0.2) is 11.3 Å². The molecule has 1 aromatic rings. The minimum absolute atomic E-state index is 0.0930. The second-order valence-electron chi connectivity index (χ2n) is 5.05. The Balaban J connectivity index is 2.13. The van der Waals surface area contributed by atoms with Crippen LogP contribution in [0.1, 0.15) is 37.7 Å². The number of rotatable bonds is 3. The third kappa shape index (κ3) is 2.75. The lowest BCUT2D eigenvalue weighted by atomic mass is 9.78. The standard InChI is InChI=1S/C14H17F2NO/c15-11-4-5-12(16)10(8-11)9-13(18)14(17)6-2-1-3-7-14/h4-5,8H,1-3,6-7,9,17H2. The molecule has 2 nitrogen and oxygen atoms in total. The van der Waals surface area contributed by atoms with Gasteiger partial charge >= 0.3 is 0 Å². The van der Waals surface area contributed by atoms with Gasteiger partial charge in [-0.05, 0) is 36.6 Å². The zero-order chi connectivity index (χ0) is 13.2. The minimum Gasteiger partial charge on any atom is -0.319 e. The van der Waals surface area contributed by atoms with Gasteiger partial charge in [-0.2, -0.15) is 0 Å². The molecule has 0 aromatic heterocycles. The van der Waals surface area contributed by atoms with Crippen LogP contribution in [0.4, 0.5) is 8.78 Å². The molecule has 0 aliphatic heterocycles. The minimum atomic E-state index is -0.850. The fraction of sp³-hybridized carbons (Fsp3) is 0.500. The quantitative estimate of drug-likeness (QED) is 0.900. The highest BCUT2D eigenvalue weighted by molar-refractivity contribution is 5.90. The van der Waals surface area contributed by atoms with Gasteiger partial charge in [0.1, 0.15) is 11.6 Å². The second-order valence-corrected chi connectivity index (χ2v) is 5.05. The Kier molecular flexibility index (Phi) is 3.76. The molecule has 0 radical (unpaired) electrons. The lowest BCUT2D eigenvalue weighted by molar-refractivity contribution is -0.124. The summed E-state index contributed by atoms with van der Waals surface area (Å²) in [4.78, 5) is 12.1. The zero-order valence-electron chi connectivity index (χ0n) is 10.2. The van der Waals surface area contributed by atoms with Crippen LogP contribution in [0.2, 0.25) is 0 Å². The molecular weight excluding hydrogens is 236 g/mol. The number of hydrogen-bond donors (Lipinski definition) is 1. The van der Waals surface area contributed by atoms with Crippen LogP contribution in [0.25, 0.3) is 0 Å². The van der Waals surface area contributed by atoms with Crippen LogP contribution in [0, 0.1) is 11.6 Å². The topological polar surface area (TPSA) is 43.1 Å². The van der Waals surface area contributed by atoms with Gasteiger partial charge in [-0.25, -0.2) is 8.78 Å². The number of halogens is 2. The number of carbonyl (C=O) groups is 1. The Morgan fingerprint density at radius 2 is 1.89 bits per heavy atom. The number of carbonyl (C=O) groups excluding carboxylic acids is 1. The SMILES string of the molecule is NC1(C(=O)Cc2cc(F)ccc2F)CCCCC1. The first-order valence-corrected chi connectivity index (χ1v) is 6.27. The highest BCUT2D eigenvalue weighted by Gasteiger charge is 2.35. The fourth-order valence-electron chi connectivity index (χ4n) is 2.49. The molecule has 0 unspecified atom stereocenters. The predicted octanol–water partition coefficient (Wildman–Crippen LogP) is 2.74.